The molecule has 28 heavy (non-hydrogen) atoms. The summed E-state index contributed by atoms with van der Waals surface area (Å²) in [4.78, 5) is 4.68. The summed E-state index contributed by atoms with van der Waals surface area (Å²) in [5.74, 6) is 2.39. The van der Waals surface area contributed by atoms with Crippen LogP contribution in [0.4, 0.5) is 0 Å². The molecule has 1 aromatic heterocycles. The Balaban J connectivity index is 1.64. The normalized spacial score (nSPS) is 23.5. The molecule has 0 radical (unpaired) electrons. The quantitative estimate of drug-likeness (QED) is 0.726. The molecule has 0 bridgehead atoms. The predicted molar refractivity (Wildman–Crippen MR) is 101 cm³/mol. The number of ether oxygens (including phenoxy) is 2. The molecular formula is C19H25N3O5S. The lowest BCUT2D eigenvalue weighted by Crippen LogP contribution is -2.47. The standard InChI is InChI=1S/C19H25N3O5S/c1-19(18-20-17(27-21-18)13-5-6-13)9-4-10-22(12-19)28(23,24)16-11-14(25-2)7-8-15(16)26-3/h7-8,11,13H,4-6,9-10,12H2,1-3H3. The Labute approximate surface area is 164 Å². The Hall–Kier alpha value is -2.13. The van der Waals surface area contributed by atoms with E-state index in [0.717, 1.165) is 25.7 Å². The van der Waals surface area contributed by atoms with Crippen LogP contribution in [0.5, 0.6) is 11.5 Å². The van der Waals surface area contributed by atoms with Crippen molar-refractivity contribution < 1.29 is 22.4 Å². The molecule has 152 valence electrons. The zero-order valence-electron chi connectivity index (χ0n) is 16.3. The van der Waals surface area contributed by atoms with Crippen molar-refractivity contribution >= 4 is 10.0 Å². The van der Waals surface area contributed by atoms with Gasteiger partial charge in [0.25, 0.3) is 0 Å². The van der Waals surface area contributed by atoms with Gasteiger partial charge in [-0.2, -0.15) is 9.29 Å². The van der Waals surface area contributed by atoms with Gasteiger partial charge in [0.05, 0.1) is 14.2 Å². The summed E-state index contributed by atoms with van der Waals surface area (Å²) in [6.07, 6.45) is 3.68. The molecule has 4 rings (SSSR count). The maximum Gasteiger partial charge on any atom is 0.246 e. The number of hydrogen-bond donors (Lipinski definition) is 0. The highest BCUT2D eigenvalue weighted by Gasteiger charge is 2.43. The first kappa shape index (κ1) is 19.2. The summed E-state index contributed by atoms with van der Waals surface area (Å²) in [7, 11) is -0.809. The number of piperidine rings is 1. The van der Waals surface area contributed by atoms with Crippen molar-refractivity contribution in [1.29, 1.82) is 0 Å². The molecule has 2 heterocycles. The van der Waals surface area contributed by atoms with Gasteiger partial charge in [0.2, 0.25) is 15.9 Å². The minimum Gasteiger partial charge on any atom is -0.497 e. The second-order valence-corrected chi connectivity index (χ2v) is 9.66. The van der Waals surface area contributed by atoms with Gasteiger partial charge in [-0.3, -0.25) is 0 Å². The minimum absolute atomic E-state index is 0.102. The van der Waals surface area contributed by atoms with Crippen molar-refractivity contribution in [2.45, 2.75) is 48.8 Å². The molecule has 0 N–H and O–H groups in total. The van der Waals surface area contributed by atoms with Crippen LogP contribution in [0.3, 0.4) is 0 Å². The Morgan fingerprint density at radius 1 is 1.25 bits per heavy atom. The van der Waals surface area contributed by atoms with Crippen LogP contribution in [0.2, 0.25) is 0 Å². The van der Waals surface area contributed by atoms with Crippen molar-refractivity contribution in [3.63, 3.8) is 0 Å². The van der Waals surface area contributed by atoms with Crippen LogP contribution >= 0.6 is 0 Å². The van der Waals surface area contributed by atoms with Crippen LogP contribution in [0, 0.1) is 0 Å². The molecule has 1 atom stereocenters. The van der Waals surface area contributed by atoms with Gasteiger partial charge in [-0.1, -0.05) is 12.1 Å². The molecule has 0 spiro atoms. The average Bonchev–Trinajstić information content (AvgIpc) is 3.43. The highest BCUT2D eigenvalue weighted by molar-refractivity contribution is 7.89. The SMILES string of the molecule is COc1ccc(OC)c(S(=O)(=O)N2CCCC(C)(c3noc(C4CC4)n3)C2)c1. The summed E-state index contributed by atoms with van der Waals surface area (Å²) in [6.45, 7) is 2.73. The van der Waals surface area contributed by atoms with Gasteiger partial charge in [-0.15, -0.1) is 0 Å². The molecule has 0 amide bonds. The second kappa shape index (κ2) is 7.04. The molecule has 1 aromatic carbocycles. The van der Waals surface area contributed by atoms with E-state index < -0.39 is 15.4 Å². The van der Waals surface area contributed by atoms with Crippen LogP contribution in [0.15, 0.2) is 27.6 Å². The lowest BCUT2D eigenvalue weighted by atomic mass is 9.82. The highest BCUT2D eigenvalue weighted by atomic mass is 32.2. The Morgan fingerprint density at radius 2 is 2.04 bits per heavy atom. The fraction of sp³-hybridized carbons (Fsp3) is 0.579. The van der Waals surface area contributed by atoms with E-state index in [1.54, 1.807) is 12.1 Å². The fourth-order valence-electron chi connectivity index (χ4n) is 3.68. The van der Waals surface area contributed by atoms with Crippen LogP contribution in [-0.4, -0.2) is 50.2 Å². The molecule has 8 nitrogen and oxygen atoms in total. The molecular weight excluding hydrogens is 382 g/mol. The molecule has 1 saturated heterocycles. The second-order valence-electron chi connectivity index (χ2n) is 7.75. The third kappa shape index (κ3) is 3.37. The van der Waals surface area contributed by atoms with E-state index in [1.807, 2.05) is 6.92 Å². The molecule has 1 unspecified atom stereocenters. The van der Waals surface area contributed by atoms with Gasteiger partial charge in [-0.25, -0.2) is 8.42 Å². The molecule has 2 aromatic rings. The molecule has 1 aliphatic carbocycles. The summed E-state index contributed by atoms with van der Waals surface area (Å²) >= 11 is 0. The van der Waals surface area contributed by atoms with Crippen molar-refractivity contribution in [3.8, 4) is 11.5 Å². The lowest BCUT2D eigenvalue weighted by Gasteiger charge is -2.37. The first-order valence-electron chi connectivity index (χ1n) is 9.44. The highest BCUT2D eigenvalue weighted by Crippen LogP contribution is 2.41. The minimum atomic E-state index is -3.77. The topological polar surface area (TPSA) is 94.8 Å². The summed E-state index contributed by atoms with van der Waals surface area (Å²) in [5.41, 5.74) is -0.492. The summed E-state index contributed by atoms with van der Waals surface area (Å²) < 4.78 is 44.2. The molecule has 2 fully saturated rings. The maximum atomic E-state index is 13.4. The van der Waals surface area contributed by atoms with E-state index in [9.17, 15) is 8.42 Å². The fourth-order valence-corrected chi connectivity index (χ4v) is 5.45. The number of aromatic nitrogens is 2. The number of methoxy groups -OCH3 is 2. The first-order chi connectivity index (χ1) is 13.4. The lowest BCUT2D eigenvalue weighted by molar-refractivity contribution is 0.225. The zero-order valence-corrected chi connectivity index (χ0v) is 17.2. The maximum absolute atomic E-state index is 13.4. The van der Waals surface area contributed by atoms with E-state index in [-0.39, 0.29) is 4.90 Å². The zero-order chi connectivity index (χ0) is 19.9. The molecule has 9 heteroatoms. The van der Waals surface area contributed by atoms with Crippen LogP contribution in [0.1, 0.15) is 50.2 Å². The van der Waals surface area contributed by atoms with Gasteiger partial charge in [0.15, 0.2) is 5.82 Å². The van der Waals surface area contributed by atoms with E-state index in [1.165, 1.54) is 24.6 Å². The van der Waals surface area contributed by atoms with Crippen LogP contribution in [-0.2, 0) is 15.4 Å². The van der Waals surface area contributed by atoms with Crippen LogP contribution in [0.25, 0.3) is 0 Å². The Morgan fingerprint density at radius 3 is 2.71 bits per heavy atom. The van der Waals surface area contributed by atoms with Crippen LogP contribution < -0.4 is 9.47 Å². The van der Waals surface area contributed by atoms with Crippen molar-refractivity contribution in [3.05, 3.63) is 29.9 Å². The number of benzene rings is 1. The number of hydrogen-bond acceptors (Lipinski definition) is 7. The van der Waals surface area contributed by atoms with Gasteiger partial charge < -0.3 is 14.0 Å². The van der Waals surface area contributed by atoms with Crippen molar-refractivity contribution in [1.82, 2.24) is 14.4 Å². The largest absolute Gasteiger partial charge is 0.497 e. The molecule has 1 saturated carbocycles. The Kier molecular flexibility index (Phi) is 4.83. The van der Waals surface area contributed by atoms with Gasteiger partial charge in [0, 0.05) is 30.5 Å². The van der Waals surface area contributed by atoms with Crippen molar-refractivity contribution in [2.75, 3.05) is 27.3 Å². The first-order valence-corrected chi connectivity index (χ1v) is 10.9. The summed E-state index contributed by atoms with van der Waals surface area (Å²) in [5, 5.41) is 4.17. The van der Waals surface area contributed by atoms with E-state index >= 15 is 0 Å². The molecule has 2 aliphatic rings. The summed E-state index contributed by atoms with van der Waals surface area (Å²) in [6, 6.07) is 4.78. The number of rotatable bonds is 6. The third-order valence-corrected chi connectivity index (χ3v) is 7.42. The van der Waals surface area contributed by atoms with Crippen molar-refractivity contribution in [2.24, 2.45) is 0 Å². The van der Waals surface area contributed by atoms with E-state index in [2.05, 4.69) is 10.1 Å². The molecule has 1 aliphatic heterocycles. The number of sulfonamides is 1. The van der Waals surface area contributed by atoms with E-state index in [0.29, 0.717) is 42.2 Å². The van der Waals surface area contributed by atoms with Gasteiger partial charge in [-0.05, 0) is 37.8 Å². The monoisotopic (exact) mass is 407 g/mol. The van der Waals surface area contributed by atoms with E-state index in [4.69, 9.17) is 14.0 Å². The Bertz CT molecular complexity index is 970. The smallest absolute Gasteiger partial charge is 0.246 e. The predicted octanol–water partition coefficient (Wildman–Crippen LogP) is 2.71. The van der Waals surface area contributed by atoms with Gasteiger partial charge in [0.1, 0.15) is 16.4 Å². The van der Waals surface area contributed by atoms with Gasteiger partial charge >= 0.3 is 0 Å². The average molecular weight is 407 g/mol. The third-order valence-electron chi connectivity index (χ3n) is 5.56. The number of nitrogens with zero attached hydrogens (tertiary/aromatic N) is 3.